The lowest BCUT2D eigenvalue weighted by Gasteiger charge is -2.21. The molecule has 3 aromatic rings. The van der Waals surface area contributed by atoms with Gasteiger partial charge in [0.1, 0.15) is 11.5 Å². The van der Waals surface area contributed by atoms with Crippen molar-refractivity contribution in [2.24, 2.45) is 17.9 Å². The van der Waals surface area contributed by atoms with Crippen LogP contribution in [-0.4, -0.2) is 40.3 Å². The molecule has 2 aliphatic carbocycles. The summed E-state index contributed by atoms with van der Waals surface area (Å²) >= 11 is 0. The molecule has 2 fully saturated rings. The zero-order valence-corrected chi connectivity index (χ0v) is 17.9. The molecular weight excluding hydrogens is 378 g/mol. The molecule has 0 spiro atoms. The number of aromatic nitrogens is 2. The number of fused-ring (bicyclic) bond motifs is 2. The van der Waals surface area contributed by atoms with E-state index in [2.05, 4.69) is 23.9 Å². The van der Waals surface area contributed by atoms with Gasteiger partial charge in [0.05, 0.1) is 12.5 Å². The normalized spacial score (nSPS) is 24.2. The molecule has 1 N–H and O–H groups in total. The second-order valence-corrected chi connectivity index (χ2v) is 9.42. The first-order chi connectivity index (χ1) is 14.3. The van der Waals surface area contributed by atoms with E-state index in [1.165, 1.54) is 12.8 Å². The fourth-order valence-corrected chi connectivity index (χ4v) is 5.17. The van der Waals surface area contributed by atoms with Gasteiger partial charge in [0.2, 0.25) is 0 Å². The number of benzene rings is 1. The zero-order chi connectivity index (χ0) is 21.3. The Morgan fingerprint density at radius 1 is 1.30 bits per heavy atom. The third-order valence-electron chi connectivity index (χ3n) is 7.19. The van der Waals surface area contributed by atoms with E-state index < -0.39 is 0 Å². The average Bonchev–Trinajstić information content (AvgIpc) is 3.48. The summed E-state index contributed by atoms with van der Waals surface area (Å²) in [5, 5.41) is 12.3. The summed E-state index contributed by atoms with van der Waals surface area (Å²) in [5.41, 5.74) is 3.43. The molecule has 2 aromatic heterocycles. The summed E-state index contributed by atoms with van der Waals surface area (Å²) < 4.78 is 7.21. The van der Waals surface area contributed by atoms with Gasteiger partial charge in [0, 0.05) is 49.9 Å². The van der Waals surface area contributed by atoms with E-state index >= 15 is 0 Å². The highest BCUT2D eigenvalue weighted by molar-refractivity contribution is 5.95. The molecule has 0 unspecified atom stereocenters. The van der Waals surface area contributed by atoms with Gasteiger partial charge in [-0.2, -0.15) is 0 Å². The summed E-state index contributed by atoms with van der Waals surface area (Å²) in [7, 11) is 5.45. The van der Waals surface area contributed by atoms with Gasteiger partial charge < -0.3 is 19.3 Å². The Hall–Kier alpha value is -2.86. The highest BCUT2D eigenvalue weighted by atomic mass is 16.5. The predicted molar refractivity (Wildman–Crippen MR) is 117 cm³/mol. The van der Waals surface area contributed by atoms with Gasteiger partial charge in [-0.1, -0.05) is 6.92 Å². The van der Waals surface area contributed by atoms with E-state index in [1.54, 1.807) is 43.4 Å². The second-order valence-electron chi connectivity index (χ2n) is 9.42. The van der Waals surface area contributed by atoms with Gasteiger partial charge in [-0.15, -0.1) is 0 Å². The van der Waals surface area contributed by atoms with Crippen molar-refractivity contribution in [3.05, 3.63) is 52.7 Å². The van der Waals surface area contributed by atoms with Crippen molar-refractivity contribution in [2.75, 3.05) is 20.7 Å². The van der Waals surface area contributed by atoms with E-state index in [0.29, 0.717) is 28.5 Å². The Bertz CT molecular complexity index is 1220. The van der Waals surface area contributed by atoms with Gasteiger partial charge in [0.25, 0.3) is 5.56 Å². The molecule has 0 atom stereocenters. The number of hydrogen-bond donors (Lipinski definition) is 1. The van der Waals surface area contributed by atoms with Crippen molar-refractivity contribution < 1.29 is 9.84 Å². The van der Waals surface area contributed by atoms with Crippen molar-refractivity contribution >= 4 is 10.8 Å². The molecule has 5 rings (SSSR count). The Morgan fingerprint density at radius 2 is 2.03 bits per heavy atom. The SMILES string of the molecule is COc1cc(-c2cn(C)c(=O)c3cnccc23)cc(O)c1CN(C)CC12CC1(C)C2. The van der Waals surface area contributed by atoms with Crippen molar-refractivity contribution in [1.29, 1.82) is 0 Å². The number of nitrogens with zero attached hydrogens (tertiary/aromatic N) is 3. The molecule has 0 amide bonds. The largest absolute Gasteiger partial charge is 0.507 e. The van der Waals surface area contributed by atoms with Crippen molar-refractivity contribution in [1.82, 2.24) is 14.5 Å². The topological polar surface area (TPSA) is 67.6 Å². The molecule has 2 saturated carbocycles. The highest BCUT2D eigenvalue weighted by Gasteiger charge is 2.79. The summed E-state index contributed by atoms with van der Waals surface area (Å²) in [6.07, 6.45) is 7.70. The molecule has 0 aliphatic heterocycles. The Balaban J connectivity index is 1.52. The molecule has 0 bridgehead atoms. The van der Waals surface area contributed by atoms with Gasteiger partial charge in [0.15, 0.2) is 0 Å². The number of phenolic OH excluding ortho intramolecular Hbond substituents is 1. The third kappa shape index (κ3) is 2.82. The molecule has 6 nitrogen and oxygen atoms in total. The fourth-order valence-electron chi connectivity index (χ4n) is 5.17. The van der Waals surface area contributed by atoms with Gasteiger partial charge in [-0.05, 0) is 59.9 Å². The number of rotatable bonds is 6. The van der Waals surface area contributed by atoms with E-state index in [4.69, 9.17) is 4.74 Å². The monoisotopic (exact) mass is 405 g/mol. The quantitative estimate of drug-likeness (QED) is 0.679. The molecule has 30 heavy (non-hydrogen) atoms. The minimum absolute atomic E-state index is 0.0946. The van der Waals surface area contributed by atoms with Crippen molar-refractivity contribution in [3.63, 3.8) is 0 Å². The lowest BCUT2D eigenvalue weighted by Crippen LogP contribution is -2.23. The standard InChI is InChI=1S/C24H27N3O3/c1-23-12-24(23,13-23)14-26(2)10-19-20(28)7-15(8-21(19)30-4)18-11-27(3)22(29)17-9-25-6-5-16(17)18/h5-9,11,28H,10,12-14H2,1-4H3. The van der Waals surface area contributed by atoms with E-state index in [1.807, 2.05) is 12.1 Å². The highest BCUT2D eigenvalue weighted by Crippen LogP contribution is 2.85. The summed E-state index contributed by atoms with van der Waals surface area (Å²) in [6.45, 7) is 4.04. The number of aryl methyl sites for hydroxylation is 1. The molecule has 2 heterocycles. The van der Waals surface area contributed by atoms with Crippen LogP contribution in [0.2, 0.25) is 0 Å². The van der Waals surface area contributed by atoms with Gasteiger partial charge in [-0.3, -0.25) is 9.78 Å². The third-order valence-corrected chi connectivity index (χ3v) is 7.19. The van der Waals surface area contributed by atoms with Crippen molar-refractivity contribution in [3.8, 4) is 22.6 Å². The summed E-state index contributed by atoms with van der Waals surface area (Å²) in [5.74, 6) is 0.860. The van der Waals surface area contributed by atoms with Gasteiger partial charge >= 0.3 is 0 Å². The number of ether oxygens (including phenoxy) is 1. The number of hydrogen-bond acceptors (Lipinski definition) is 5. The predicted octanol–water partition coefficient (Wildman–Crippen LogP) is 3.55. The molecule has 2 aliphatic rings. The van der Waals surface area contributed by atoms with Gasteiger partial charge in [-0.25, -0.2) is 0 Å². The number of phenols is 1. The Morgan fingerprint density at radius 3 is 2.70 bits per heavy atom. The molecule has 156 valence electrons. The molecule has 1 aromatic carbocycles. The van der Waals surface area contributed by atoms with E-state index in [0.717, 1.165) is 28.6 Å². The smallest absolute Gasteiger partial charge is 0.259 e. The average molecular weight is 405 g/mol. The number of methoxy groups -OCH3 is 1. The summed E-state index contributed by atoms with van der Waals surface area (Å²) in [6, 6.07) is 5.54. The molecular formula is C24H27N3O3. The van der Waals surface area contributed by atoms with Crippen LogP contribution in [0, 0.1) is 10.8 Å². The lowest BCUT2D eigenvalue weighted by molar-refractivity contribution is 0.276. The maximum atomic E-state index is 12.5. The Kier molecular flexibility index (Phi) is 4.03. The fraction of sp³-hybridized carbons (Fsp3) is 0.417. The van der Waals surface area contributed by atoms with Crippen LogP contribution in [0.4, 0.5) is 0 Å². The molecule has 0 radical (unpaired) electrons. The van der Waals surface area contributed by atoms with Crippen LogP contribution in [0.25, 0.3) is 21.9 Å². The van der Waals surface area contributed by atoms with Crippen LogP contribution < -0.4 is 10.3 Å². The zero-order valence-electron chi connectivity index (χ0n) is 17.9. The van der Waals surface area contributed by atoms with Crippen LogP contribution in [-0.2, 0) is 13.6 Å². The summed E-state index contributed by atoms with van der Waals surface area (Å²) in [4.78, 5) is 18.8. The van der Waals surface area contributed by atoms with E-state index in [-0.39, 0.29) is 11.3 Å². The molecule has 0 saturated heterocycles. The Labute approximate surface area is 175 Å². The number of pyridine rings is 2. The van der Waals surface area contributed by atoms with Crippen LogP contribution in [0.3, 0.4) is 0 Å². The van der Waals surface area contributed by atoms with Crippen LogP contribution in [0.15, 0.2) is 41.6 Å². The van der Waals surface area contributed by atoms with E-state index in [9.17, 15) is 9.90 Å². The minimum Gasteiger partial charge on any atom is -0.507 e. The molecule has 6 heteroatoms. The maximum Gasteiger partial charge on any atom is 0.259 e. The van der Waals surface area contributed by atoms with Crippen LogP contribution >= 0.6 is 0 Å². The lowest BCUT2D eigenvalue weighted by atomic mass is 9.99. The first-order valence-electron chi connectivity index (χ1n) is 10.3. The van der Waals surface area contributed by atoms with Crippen LogP contribution in [0.5, 0.6) is 11.5 Å². The van der Waals surface area contributed by atoms with Crippen molar-refractivity contribution in [2.45, 2.75) is 26.3 Å². The first kappa shape index (κ1) is 19.1. The number of aromatic hydroxyl groups is 1. The first-order valence-corrected chi connectivity index (χ1v) is 10.3. The second kappa shape index (κ2) is 6.32. The maximum absolute atomic E-state index is 12.5. The van der Waals surface area contributed by atoms with Crippen LogP contribution in [0.1, 0.15) is 25.3 Å². The minimum atomic E-state index is -0.0946.